The molecule has 113 heavy (non-hydrogen) atoms. The normalized spacial score (nSPS) is 19.0. The van der Waals surface area contributed by atoms with Crippen LogP contribution in [-0.4, -0.2) is 246 Å². The van der Waals surface area contributed by atoms with Gasteiger partial charge in [-0.1, -0.05) is 79.7 Å². The Labute approximate surface area is 679 Å². The minimum Gasteiger partial charge on any atom is -0.872 e. The molecule has 1 aromatic heterocycles. The summed E-state index contributed by atoms with van der Waals surface area (Å²) < 4.78 is 65.4. The zero-order valence-electron chi connectivity index (χ0n) is 62.5. The number of halogens is 2. The van der Waals surface area contributed by atoms with Gasteiger partial charge >= 0.3 is 17.1 Å². The maximum Gasteiger partial charge on any atom is 2.00 e. The number of thiol groups is 2. The molecular formula is C69H105Cl2CuN17O22S2. The number of aliphatic hydroxyl groups is 2. The summed E-state index contributed by atoms with van der Waals surface area (Å²) in [5.41, 5.74) is 7.40. The molecule has 3 fully saturated rings. The van der Waals surface area contributed by atoms with Crippen molar-refractivity contribution in [2.75, 3.05) is 96.6 Å². The van der Waals surface area contributed by atoms with Crippen molar-refractivity contribution in [2.24, 2.45) is 11.1 Å². The Kier molecular flexibility index (Phi) is 45.1. The number of aromatic nitrogens is 1. The average Bonchev–Trinajstić information content (AvgIpc) is 1.71. The number of carbonyl (C=O) groups excluding carboxylic acids is 10. The summed E-state index contributed by atoms with van der Waals surface area (Å²) in [4.78, 5) is 143. The largest absolute Gasteiger partial charge is 2.00 e. The van der Waals surface area contributed by atoms with Crippen molar-refractivity contribution in [3.63, 3.8) is 0 Å². The van der Waals surface area contributed by atoms with Crippen LogP contribution in [0.5, 0.6) is 5.75 Å². The number of unbranched alkanes of at least 4 members (excludes halogenated alkanes) is 1. The van der Waals surface area contributed by atoms with Gasteiger partial charge in [0.2, 0.25) is 53.2 Å². The van der Waals surface area contributed by atoms with E-state index in [9.17, 15) is 63.6 Å². The molecule has 4 heterocycles. The summed E-state index contributed by atoms with van der Waals surface area (Å²) in [6.45, 7) is 12.8. The van der Waals surface area contributed by atoms with E-state index >= 15 is 4.79 Å². The van der Waals surface area contributed by atoms with E-state index < -0.39 is 146 Å². The molecule has 9 amide bonds. The van der Waals surface area contributed by atoms with Gasteiger partial charge in [-0.2, -0.15) is 53.2 Å². The minimum atomic E-state index is -4.69. The van der Waals surface area contributed by atoms with Gasteiger partial charge in [0.25, 0.3) is 0 Å². The number of amides is 9. The van der Waals surface area contributed by atoms with Crippen LogP contribution in [-0.2, 0) is 84.3 Å². The van der Waals surface area contributed by atoms with E-state index in [0.717, 1.165) is 46.2 Å². The van der Waals surface area contributed by atoms with E-state index in [4.69, 9.17) is 43.0 Å². The van der Waals surface area contributed by atoms with E-state index in [0.29, 0.717) is 73.3 Å². The Morgan fingerprint density at radius 1 is 0.496 bits per heavy atom. The standard InChI is InChI=1S/C69H105N17O14S2.2ClHO4.Cu/c1-42(87)58(66(98)83-55(35-102)65(97)85-59(43(2)88)67(99)100)84-60(92)50(16-9-10-23-70)79-63(95)53(32-46-33-77-49-15-8-7-14-48(46)49)81-62(94)52(31-45-19-21-47(89)22-20-45)80-64(96)54(34-101)82-61(93)51(30-44-12-5-4-6-13-44)78-56(90)17-11-18-57(91)86-69-39-74-27-24-71-36-68(3,37-72-25-28-75-40-69)38-73-26-29-76-41-69;2*2-1(3,4)5;/h4-8,12-15,19-22,33,42-43,50-55,58-59,71-77,87-89,101-102H,9-11,16-18,23-32,34-41,70H2,1-3H3,(H,78,90)(H,79,95)(H,80,96)(H,81,94)(H,82,93)(H,83,98)(H,84,92)(H,85,97)(H,86,91)(H,99,100);2*(H,2,3,4,5);/q;;;+2/p-2/t42-,43-,50+,51-,52+,53-,54+,55+,58+,59+,68?,69?;;;/m1.../s1/i;;;1+0. The molecule has 22 N–H and O–H groups in total. The van der Waals surface area contributed by atoms with Crippen molar-refractivity contribution in [2.45, 2.75) is 145 Å². The Morgan fingerprint density at radius 3 is 1.36 bits per heavy atom. The van der Waals surface area contributed by atoms with E-state index in [1.165, 1.54) is 31.2 Å². The van der Waals surface area contributed by atoms with Gasteiger partial charge in [0.1, 0.15) is 42.3 Å². The van der Waals surface area contributed by atoms with Crippen molar-refractivity contribution in [1.29, 1.82) is 0 Å². The summed E-state index contributed by atoms with van der Waals surface area (Å²) in [6.07, 6.45) is -1.59. The van der Waals surface area contributed by atoms with Crippen LogP contribution in [0.25, 0.3) is 10.9 Å². The fourth-order valence-electron chi connectivity index (χ4n) is 11.9. The van der Waals surface area contributed by atoms with Gasteiger partial charge in [0.15, 0.2) is 0 Å². The van der Waals surface area contributed by atoms with E-state index in [-0.39, 0.29) is 97.8 Å². The average molecular weight is 1720 g/mol. The number of benzene rings is 3. The molecule has 0 unspecified atom stereocenters. The first-order valence-corrected chi connectivity index (χ1v) is 39.7. The van der Waals surface area contributed by atoms with Gasteiger partial charge in [-0.25, -0.2) is 0 Å². The number of aromatic amines is 1. The van der Waals surface area contributed by atoms with Crippen LogP contribution in [0.2, 0.25) is 0 Å². The molecule has 3 aliphatic rings. The number of nitrogens with two attached hydrogens (primary N) is 1. The van der Waals surface area contributed by atoms with Gasteiger partial charge in [0, 0.05) is 145 Å². The summed E-state index contributed by atoms with van der Waals surface area (Å²) >= 11 is 8.54. The molecule has 0 aliphatic carbocycles. The third-order valence-electron chi connectivity index (χ3n) is 17.7. The number of carboxylic acid groups (broad SMARTS) is 1. The molecule has 635 valence electrons. The van der Waals surface area contributed by atoms with Gasteiger partial charge in [0.05, 0.1) is 59.6 Å². The quantitative estimate of drug-likeness (QED) is 0.0116. The number of aliphatic carboxylic acids is 1. The van der Waals surface area contributed by atoms with Crippen molar-refractivity contribution in [3.05, 3.63) is 102 Å². The van der Waals surface area contributed by atoms with Crippen LogP contribution in [0.3, 0.4) is 0 Å². The number of rotatable bonds is 35. The van der Waals surface area contributed by atoms with Crippen LogP contribution in [0.15, 0.2) is 85.1 Å². The number of hydrogen-bond acceptors (Lipinski definition) is 31. The first kappa shape index (κ1) is 100. The molecule has 3 aliphatic heterocycles. The topological polar surface area (TPSA) is 658 Å². The first-order valence-electron chi connectivity index (χ1n) is 35.9. The van der Waals surface area contributed by atoms with Gasteiger partial charge < -0.3 is 116 Å². The molecule has 3 aromatic carbocycles. The molecule has 0 saturated carbocycles. The van der Waals surface area contributed by atoms with E-state index in [2.05, 4.69) is 117 Å². The van der Waals surface area contributed by atoms with Gasteiger partial charge in [-0.3, -0.25) is 43.2 Å². The predicted molar refractivity (Wildman–Crippen MR) is 391 cm³/mol. The van der Waals surface area contributed by atoms with Crippen LogP contribution < -0.4 is 124 Å². The Hall–Kier alpha value is -7.18. The second-order valence-electron chi connectivity index (χ2n) is 27.3. The first-order chi connectivity index (χ1) is 52.8. The van der Waals surface area contributed by atoms with Gasteiger partial charge in [-0.05, 0) is 68.8 Å². The molecule has 0 spiro atoms. The third-order valence-corrected chi connectivity index (χ3v) is 18.4. The predicted octanol–water partition coefficient (Wildman–Crippen LogP) is -14.0. The Bertz CT molecular complexity index is 3550. The Balaban J connectivity index is 0.00000282. The zero-order valence-corrected chi connectivity index (χ0v) is 66.7. The fourth-order valence-corrected chi connectivity index (χ4v) is 12.4. The molecule has 4 aromatic rings. The SMILES string of the molecule is C[C@@H](O)[C@H](NC(=O)[C@H](CS)NC(=O)[C@@H](NC(=O)[C@H](CCCCN)NC(=O)[C@@H](Cc1c[nH]c2ccccc12)NC(=O)[C@H](Cc1ccc([O-])cc1)NC(=O)[C@H](CS)NC(=O)[C@@H](Cc1ccccc1)NC(=O)CCCC(=O)NC12CNCCNCC(C)(CNCCNC1)CNCCNC2)[C@@H](C)O)C(=O)[O-].[64Cu+2].[O-][Cl+3]([O-])([O-])O.[O-][Cl+3]([O-])([O-])O. The van der Waals surface area contributed by atoms with E-state index in [1.54, 1.807) is 60.8 Å². The van der Waals surface area contributed by atoms with Crippen LogP contribution in [0, 0.1) is 25.9 Å². The molecule has 44 heteroatoms. The molecule has 3 saturated heterocycles. The molecular weight excluding hydrogens is 1620 g/mol. The smallest absolute Gasteiger partial charge is 0.872 e. The molecule has 10 atom stereocenters. The minimum absolute atomic E-state index is 0. The number of fused-ring (bicyclic) bond motifs is 16. The summed E-state index contributed by atoms with van der Waals surface area (Å²) in [5.74, 6) is -10.4. The number of aliphatic hydroxyl groups excluding tert-OH is 2. The number of nitrogens with one attached hydrogen (secondary N) is 16. The van der Waals surface area contributed by atoms with Crippen molar-refractivity contribution in [1.82, 2.24) is 84.7 Å². The van der Waals surface area contributed by atoms with Crippen molar-refractivity contribution in [3.8, 4) is 5.75 Å². The summed E-state index contributed by atoms with van der Waals surface area (Å²) in [7, 11) is -9.39. The third kappa shape index (κ3) is 39.3. The number of carboxylic acids is 1. The number of hydrogen-bond donors (Lipinski definition) is 23. The molecule has 2 bridgehead atoms. The second kappa shape index (κ2) is 51.0. The monoisotopic (exact) mass is 1720 g/mol. The molecule has 39 nitrogen and oxygen atoms in total. The van der Waals surface area contributed by atoms with E-state index in [1.807, 2.05) is 0 Å². The van der Waals surface area contributed by atoms with Crippen LogP contribution >= 0.6 is 25.3 Å². The molecule has 7 rings (SSSR count). The maximum absolute atomic E-state index is 15.0. The second-order valence-corrected chi connectivity index (χ2v) is 29.6. The Morgan fingerprint density at radius 2 is 0.885 bits per heavy atom. The van der Waals surface area contributed by atoms with Crippen molar-refractivity contribution < 1.29 is 143 Å². The van der Waals surface area contributed by atoms with Gasteiger partial charge in [-0.15, -0.1) is 5.75 Å². The maximum atomic E-state index is 15.0. The van der Waals surface area contributed by atoms with Crippen LogP contribution in [0.4, 0.5) is 0 Å². The summed E-state index contributed by atoms with van der Waals surface area (Å²) in [6, 6.07) is 8.93. The fraction of sp³-hybridized carbons (Fsp3) is 0.565. The molecule has 1 radical (unpaired) electrons. The van der Waals surface area contributed by atoms with Crippen LogP contribution in [0.1, 0.15) is 76.0 Å². The zero-order chi connectivity index (χ0) is 83.2. The summed E-state index contributed by atoms with van der Waals surface area (Å²) in [5, 5.41) is 90.4. The number of carbonyl (C=O) groups is 10. The number of H-pyrrole nitrogens is 1. The number of para-hydroxylation sites is 1. The van der Waals surface area contributed by atoms with Crippen molar-refractivity contribution >= 4 is 95.3 Å².